The van der Waals surface area contributed by atoms with E-state index in [0.29, 0.717) is 10.2 Å². The first-order chi connectivity index (χ1) is 14.5. The van der Waals surface area contributed by atoms with Gasteiger partial charge in [0.15, 0.2) is 5.95 Å². The molecule has 3 heterocycles. The largest absolute Gasteiger partial charge is 0.573 e. The predicted octanol–water partition coefficient (Wildman–Crippen LogP) is 2.96. The van der Waals surface area contributed by atoms with Crippen LogP contribution in [-0.4, -0.2) is 22.4 Å². The number of pyridine rings is 1. The Balaban J connectivity index is 1.76. The number of aromatic nitrogens is 3. The summed E-state index contributed by atoms with van der Waals surface area (Å²) in [5.74, 6) is -2.22. The molecule has 4 aromatic rings. The van der Waals surface area contributed by atoms with Crippen molar-refractivity contribution in [1.82, 2.24) is 10.3 Å². The van der Waals surface area contributed by atoms with Gasteiger partial charge < -0.3 is 20.1 Å². The standard InChI is InChI=1S/C19H13F3N4O4S/c1-8-7-9(2)24-17-12(8)13(23)16(31-17)15(27)14-18(28)30-25-26(14)10-3-5-11(6-4-10)29-19(20,21)22/h3-7H,1-2H3,(H2-,23,25,27,28). The molecule has 0 aliphatic rings. The summed E-state index contributed by atoms with van der Waals surface area (Å²) >= 11 is 1.03. The molecule has 2 N–H and O–H groups in total. The van der Waals surface area contributed by atoms with Crippen LogP contribution >= 0.6 is 11.3 Å². The summed E-state index contributed by atoms with van der Waals surface area (Å²) in [7, 11) is 0. The summed E-state index contributed by atoms with van der Waals surface area (Å²) in [6, 6.07) is 6.26. The molecule has 0 atom stereocenters. The van der Waals surface area contributed by atoms with Crippen LogP contribution in [0.3, 0.4) is 0 Å². The lowest BCUT2D eigenvalue weighted by Crippen LogP contribution is -2.39. The van der Waals surface area contributed by atoms with Crippen molar-refractivity contribution < 1.29 is 37.0 Å². The Kier molecular flexibility index (Phi) is 4.81. The van der Waals surface area contributed by atoms with Crippen LogP contribution in [0.4, 0.5) is 18.9 Å². The van der Waals surface area contributed by atoms with Gasteiger partial charge >= 0.3 is 12.1 Å². The number of nitrogens with two attached hydrogens (primary N) is 1. The molecule has 0 amide bonds. The van der Waals surface area contributed by atoms with Crippen molar-refractivity contribution in [3.63, 3.8) is 0 Å². The molecular weight excluding hydrogens is 437 g/mol. The third-order valence-electron chi connectivity index (χ3n) is 4.37. The average molecular weight is 450 g/mol. The summed E-state index contributed by atoms with van der Waals surface area (Å²) in [6.07, 6.45) is -4.85. The van der Waals surface area contributed by atoms with Crippen LogP contribution in [0.2, 0.25) is 0 Å². The van der Waals surface area contributed by atoms with E-state index < -0.39 is 29.5 Å². The van der Waals surface area contributed by atoms with Crippen LogP contribution in [-0.2, 0) is 0 Å². The summed E-state index contributed by atoms with van der Waals surface area (Å²) < 4.78 is 46.4. The molecule has 0 saturated heterocycles. The fourth-order valence-electron chi connectivity index (χ4n) is 3.15. The van der Waals surface area contributed by atoms with E-state index in [2.05, 4.69) is 19.5 Å². The minimum Gasteiger partial charge on any atom is -0.539 e. The number of hydrogen-bond donors (Lipinski definition) is 1. The van der Waals surface area contributed by atoms with E-state index in [9.17, 15) is 23.1 Å². The number of rotatable bonds is 4. The van der Waals surface area contributed by atoms with Gasteiger partial charge in [0.25, 0.3) is 5.78 Å². The summed E-state index contributed by atoms with van der Waals surface area (Å²) in [6.45, 7) is 3.64. The number of hydrogen-bond acceptors (Lipinski definition) is 8. The highest BCUT2D eigenvalue weighted by molar-refractivity contribution is 7.21. The molecule has 0 aliphatic carbocycles. The minimum absolute atomic E-state index is 0.0854. The Bertz CT molecular complexity index is 1310. The minimum atomic E-state index is -4.85. The predicted molar refractivity (Wildman–Crippen MR) is 101 cm³/mol. The number of ketones is 1. The van der Waals surface area contributed by atoms with E-state index in [-0.39, 0.29) is 16.3 Å². The number of alkyl halides is 3. The smallest absolute Gasteiger partial charge is 0.539 e. The second-order valence-corrected chi connectivity index (χ2v) is 7.60. The number of fused-ring (bicyclic) bond motifs is 1. The van der Waals surface area contributed by atoms with Crippen molar-refractivity contribution in [2.75, 3.05) is 5.73 Å². The van der Waals surface area contributed by atoms with Crippen molar-refractivity contribution in [3.8, 4) is 17.4 Å². The maximum atomic E-state index is 13.2. The molecule has 4 rings (SSSR count). The number of aryl methyl sites for hydroxylation is 2. The quantitative estimate of drug-likeness (QED) is 0.375. The van der Waals surface area contributed by atoms with Crippen LogP contribution in [0.1, 0.15) is 26.6 Å². The van der Waals surface area contributed by atoms with Gasteiger partial charge in [0.2, 0.25) is 5.69 Å². The van der Waals surface area contributed by atoms with Gasteiger partial charge in [-0.2, -0.15) is 0 Å². The molecule has 0 saturated carbocycles. The van der Waals surface area contributed by atoms with Gasteiger partial charge in [0, 0.05) is 23.2 Å². The van der Waals surface area contributed by atoms with Crippen molar-refractivity contribution in [2.24, 2.45) is 0 Å². The number of nitrogen functional groups attached to an aromatic ring is 1. The molecule has 0 radical (unpaired) electrons. The number of halogens is 3. The highest BCUT2D eigenvalue weighted by Crippen LogP contribution is 2.36. The number of thiophene rings is 1. The first-order valence-corrected chi connectivity index (χ1v) is 9.53. The number of anilines is 1. The third-order valence-corrected chi connectivity index (χ3v) is 5.47. The van der Waals surface area contributed by atoms with E-state index in [4.69, 9.17) is 5.73 Å². The van der Waals surface area contributed by atoms with Gasteiger partial charge in [-0.25, -0.2) is 4.98 Å². The van der Waals surface area contributed by atoms with Crippen molar-refractivity contribution in [3.05, 3.63) is 52.2 Å². The first kappa shape index (κ1) is 20.6. The molecule has 12 heteroatoms. The lowest BCUT2D eigenvalue weighted by Gasteiger charge is -2.07. The van der Waals surface area contributed by atoms with Gasteiger partial charge in [-0.05, 0) is 42.3 Å². The number of benzene rings is 1. The highest BCUT2D eigenvalue weighted by atomic mass is 32.1. The van der Waals surface area contributed by atoms with Gasteiger partial charge in [-0.1, -0.05) is 0 Å². The molecular formula is C19H13F3N4O4S. The van der Waals surface area contributed by atoms with E-state index in [0.717, 1.165) is 39.4 Å². The normalized spacial score (nSPS) is 11.8. The number of nitrogens with zero attached hydrogens (tertiary/aromatic N) is 3. The second-order valence-electron chi connectivity index (χ2n) is 6.60. The zero-order valence-electron chi connectivity index (χ0n) is 16.0. The zero-order valence-corrected chi connectivity index (χ0v) is 16.8. The molecule has 0 fully saturated rings. The Morgan fingerprint density at radius 2 is 1.94 bits per heavy atom. The fraction of sp³-hybridized carbons (Fsp3) is 0.158. The van der Waals surface area contributed by atoms with Crippen LogP contribution in [0.15, 0.2) is 34.9 Å². The van der Waals surface area contributed by atoms with E-state index in [1.165, 1.54) is 12.1 Å². The number of ether oxygens (including phenoxy) is 1. The van der Waals surface area contributed by atoms with Crippen molar-refractivity contribution >= 4 is 33.0 Å². The molecule has 31 heavy (non-hydrogen) atoms. The number of carbonyl (C=O) groups excluding carboxylic acids is 1. The molecule has 1 aromatic carbocycles. The van der Waals surface area contributed by atoms with Crippen LogP contribution in [0, 0.1) is 13.8 Å². The first-order valence-electron chi connectivity index (χ1n) is 8.71. The molecule has 3 aromatic heterocycles. The monoisotopic (exact) mass is 450 g/mol. The summed E-state index contributed by atoms with van der Waals surface area (Å²) in [5.41, 5.74) is 7.60. The molecule has 0 bridgehead atoms. The van der Waals surface area contributed by atoms with Gasteiger partial charge in [0.05, 0.1) is 11.0 Å². The van der Waals surface area contributed by atoms with Crippen molar-refractivity contribution in [1.29, 1.82) is 0 Å². The van der Waals surface area contributed by atoms with Gasteiger partial charge in [0.1, 0.15) is 15.5 Å². The van der Waals surface area contributed by atoms with Crippen molar-refractivity contribution in [2.45, 2.75) is 20.2 Å². The van der Waals surface area contributed by atoms with Crippen LogP contribution in [0.25, 0.3) is 15.9 Å². The lowest BCUT2D eigenvalue weighted by molar-refractivity contribution is -0.672. The molecule has 160 valence electrons. The molecule has 8 nitrogen and oxygen atoms in total. The Labute approximate surface area is 176 Å². The maximum absolute atomic E-state index is 13.2. The van der Waals surface area contributed by atoms with E-state index >= 15 is 0 Å². The van der Waals surface area contributed by atoms with E-state index in [1.807, 2.05) is 13.0 Å². The fourth-order valence-corrected chi connectivity index (χ4v) is 4.31. The lowest BCUT2D eigenvalue weighted by atomic mass is 10.1. The van der Waals surface area contributed by atoms with Gasteiger partial charge in [-0.3, -0.25) is 4.79 Å². The summed E-state index contributed by atoms with van der Waals surface area (Å²) in [4.78, 5) is 18.2. The van der Waals surface area contributed by atoms with Gasteiger partial charge in [-0.15, -0.1) is 24.5 Å². The molecule has 0 unspecified atom stereocenters. The number of carbonyl (C=O) groups is 1. The van der Waals surface area contributed by atoms with E-state index in [1.54, 1.807) is 6.92 Å². The van der Waals surface area contributed by atoms with Crippen LogP contribution < -0.4 is 20.3 Å². The Hall–Kier alpha value is -3.67. The summed E-state index contributed by atoms with van der Waals surface area (Å²) in [5, 5.41) is 16.4. The highest BCUT2D eigenvalue weighted by Gasteiger charge is 2.33. The third kappa shape index (κ3) is 3.77. The topological polar surface area (TPSA) is 118 Å². The maximum Gasteiger partial charge on any atom is 0.573 e. The van der Waals surface area contributed by atoms with Crippen LogP contribution in [0.5, 0.6) is 11.7 Å². The SMILES string of the molecule is Cc1cc(C)c2c(N)c(C(=O)c3c([O-])on[n+]3-c3ccc(OC(F)(F)F)cc3)sc2n1. The Morgan fingerprint density at radius 3 is 2.58 bits per heavy atom. The molecule has 0 spiro atoms. The molecule has 0 aliphatic heterocycles. The second kappa shape index (κ2) is 7.23. The zero-order chi connectivity index (χ0) is 22.5. The average Bonchev–Trinajstić information content (AvgIpc) is 3.21. The Morgan fingerprint density at radius 1 is 1.26 bits per heavy atom.